The number of aryl methyl sites for hydroxylation is 5. The third-order valence-electron chi connectivity index (χ3n) is 22.5. The molecule has 0 saturated heterocycles. The molecule has 1 aliphatic carbocycles. The Kier molecular flexibility index (Phi) is 36.3. The highest BCUT2D eigenvalue weighted by atomic mass is 127. The zero-order chi connectivity index (χ0) is 92.7. The van der Waals surface area contributed by atoms with Crippen molar-refractivity contribution < 1.29 is 13.2 Å². The van der Waals surface area contributed by atoms with E-state index in [9.17, 15) is 13.2 Å². The van der Waals surface area contributed by atoms with Crippen LogP contribution in [0.4, 0.5) is 13.2 Å². The molecule has 0 heterocycles. The summed E-state index contributed by atoms with van der Waals surface area (Å²) in [6.07, 6.45) is 6.93. The zero-order valence-corrected chi connectivity index (χ0v) is 83.7. The Labute approximate surface area is 819 Å². The molecule has 18 aromatic carbocycles. The molecule has 0 spiro atoms. The van der Waals surface area contributed by atoms with Crippen molar-refractivity contribution in [3.05, 3.63) is 539 Å². The van der Waals surface area contributed by atoms with Gasteiger partial charge >= 0.3 is 0 Å². The fraction of sp³-hybridized carbons (Fsp3) is 0.122. The van der Waals surface area contributed by atoms with Crippen molar-refractivity contribution in [2.45, 2.75) is 187 Å². The second kappa shape index (κ2) is 49.5. The predicted octanol–water partition coefficient (Wildman–Crippen LogP) is 34.6. The van der Waals surface area contributed by atoms with Crippen LogP contribution in [-0.4, -0.2) is 0 Å². The van der Waals surface area contributed by atoms with Gasteiger partial charge in [0.1, 0.15) is 17.5 Å². The fourth-order valence-corrected chi connectivity index (χ4v) is 28.2. The molecule has 1 fully saturated rings. The van der Waals surface area contributed by atoms with Gasteiger partial charge in [0.15, 0.2) is 88.1 Å². The maximum absolute atomic E-state index is 13.2. The standard InChI is InChI=1S/C24H25S.C22H23S.C21H21S.C20H18IS.C18H12F3S.C18H15S/c1-4-10-20(11-5-1)21-16-18-24(19-17-21)25(22-12-6-2-7-13-22)23-14-8-3-9-15-23;1-22(2,3)18-14-16-21(17-15-18)23(19-10-6-4-7-11-19)20-12-8-5-9-13-20;1-16-4-10-19(11-5-16)22(20-12-6-17(2)7-13-20)21-14-8-18(3)9-15-21;1-15-3-9-18(10-4-15)22(19-11-5-16(2)6-12-19)20-13-7-17(21)8-14-20;19-13-1-7-16(8-2-13)22(17-9-3-14(20)4-10-17)18-11-5-15(21)6-12-18;1-4-10-16(11-5-1)19(17-12-6-2-7-13-17)18-14-8-3-9-15-18/h2-3,6-9,12-20H,1,4-5,10-11H2;4-17H,1-3H3;4-15H,1-3H3;3-14H,1-2H3;1-12H;1-15H/q6*+1. The van der Waals surface area contributed by atoms with Crippen molar-refractivity contribution in [3.63, 3.8) is 0 Å². The lowest BCUT2D eigenvalue weighted by Gasteiger charge is -2.22. The van der Waals surface area contributed by atoms with Gasteiger partial charge in [-0.1, -0.05) is 280 Å². The second-order valence-corrected chi connectivity index (χ2v) is 47.0. The van der Waals surface area contributed by atoms with Crippen LogP contribution in [0.3, 0.4) is 0 Å². The van der Waals surface area contributed by atoms with E-state index in [1.54, 1.807) is 36.4 Å². The highest BCUT2D eigenvalue weighted by molar-refractivity contribution is 14.1. The lowest BCUT2D eigenvalue weighted by atomic mass is 9.84. The first-order chi connectivity index (χ1) is 64.8. The average molecular weight is 1970 g/mol. The molecule has 664 valence electrons. The van der Waals surface area contributed by atoms with Gasteiger partial charge in [0, 0.05) is 3.57 Å². The number of halogens is 4. The van der Waals surface area contributed by atoms with Crippen molar-refractivity contribution in [2.75, 3.05) is 0 Å². The highest BCUT2D eigenvalue weighted by Gasteiger charge is 2.35. The minimum absolute atomic E-state index is 0.0146. The smallest absolute Gasteiger partial charge is 0.166 e. The Balaban J connectivity index is 0.000000128. The average Bonchev–Trinajstić information content (AvgIpc) is 0.822. The molecule has 0 aliphatic heterocycles. The number of benzene rings is 18. The molecule has 0 nitrogen and oxygen atoms in total. The zero-order valence-electron chi connectivity index (χ0n) is 76.7. The Morgan fingerprint density at radius 1 is 0.195 bits per heavy atom. The maximum atomic E-state index is 13.2. The molecule has 0 aromatic heterocycles. The molecule has 0 N–H and O–H groups in total. The van der Waals surface area contributed by atoms with E-state index in [2.05, 4.69) is 484 Å². The summed E-state index contributed by atoms with van der Waals surface area (Å²) in [7, 11) is -0.714. The second-order valence-electron chi connectivity index (χ2n) is 33.6. The minimum Gasteiger partial charge on any atom is -0.207 e. The van der Waals surface area contributed by atoms with E-state index in [0.717, 1.165) is 20.6 Å². The molecule has 0 unspecified atom stereocenters. The Morgan fingerprint density at radius 3 is 0.541 bits per heavy atom. The highest BCUT2D eigenvalue weighted by Crippen LogP contribution is 2.41. The van der Waals surface area contributed by atoms with E-state index in [0.29, 0.717) is 0 Å². The van der Waals surface area contributed by atoms with Gasteiger partial charge in [-0.05, 0) is 359 Å². The monoisotopic (exact) mass is 1970 g/mol. The van der Waals surface area contributed by atoms with E-state index >= 15 is 0 Å². The predicted molar refractivity (Wildman–Crippen MR) is 570 cm³/mol. The molecule has 0 atom stereocenters. The van der Waals surface area contributed by atoms with Crippen LogP contribution >= 0.6 is 22.6 Å². The van der Waals surface area contributed by atoms with Crippen LogP contribution in [0.2, 0.25) is 0 Å². The SMILES string of the molecule is CC(C)(C)c1ccc([S+](c2ccccc2)c2ccccc2)cc1.Cc1ccc([S+](c2ccc(C)cc2)c2ccc(C)cc2)cc1.Cc1ccc([S+](c2ccc(C)cc2)c2ccc(I)cc2)cc1.Fc1ccc([S+](c2ccc(F)cc2)c2ccc(F)cc2)cc1.c1ccc([S+](c2ccccc2)c2ccc(C3CCCCC3)cc2)cc1.c1ccc([S+](c2ccccc2)c2ccccc2)cc1. The lowest BCUT2D eigenvalue weighted by molar-refractivity contribution is 0.443. The van der Waals surface area contributed by atoms with Crippen molar-refractivity contribution >= 4 is 88.0 Å². The molecule has 0 bridgehead atoms. The van der Waals surface area contributed by atoms with Gasteiger partial charge in [0.05, 0.1) is 65.4 Å². The summed E-state index contributed by atoms with van der Waals surface area (Å²) in [6, 6.07) is 166. The van der Waals surface area contributed by atoms with Gasteiger partial charge in [-0.2, -0.15) is 0 Å². The molecule has 0 radical (unpaired) electrons. The van der Waals surface area contributed by atoms with E-state index in [1.807, 2.05) is 0 Å². The van der Waals surface area contributed by atoms with Crippen LogP contribution < -0.4 is 0 Å². The van der Waals surface area contributed by atoms with Gasteiger partial charge in [0.25, 0.3) is 0 Å². The van der Waals surface area contributed by atoms with Gasteiger partial charge in [-0.25, -0.2) is 13.2 Å². The summed E-state index contributed by atoms with van der Waals surface area (Å²) >= 11 is 2.36. The number of rotatable bonds is 19. The van der Waals surface area contributed by atoms with Crippen molar-refractivity contribution in [1.82, 2.24) is 0 Å². The first-order valence-electron chi connectivity index (χ1n) is 45.2. The molecular weight excluding hydrogens is 1850 g/mol. The van der Waals surface area contributed by atoms with Crippen LogP contribution in [-0.2, 0) is 70.8 Å². The summed E-state index contributed by atoms with van der Waals surface area (Å²) in [5, 5.41) is 0. The third-order valence-corrected chi connectivity index (χ3v) is 36.6. The van der Waals surface area contributed by atoms with Crippen LogP contribution in [0.5, 0.6) is 0 Å². The summed E-state index contributed by atoms with van der Waals surface area (Å²) in [5.41, 5.74) is 9.63. The molecule has 1 aliphatic rings. The van der Waals surface area contributed by atoms with Crippen LogP contribution in [0.25, 0.3) is 0 Å². The van der Waals surface area contributed by atoms with Crippen LogP contribution in [0.1, 0.15) is 97.7 Å². The maximum Gasteiger partial charge on any atom is 0.166 e. The summed E-state index contributed by atoms with van der Waals surface area (Å²) in [4.78, 5) is 23.3. The molecule has 0 amide bonds. The normalized spacial score (nSPS) is 11.8. The van der Waals surface area contributed by atoms with Crippen molar-refractivity contribution in [1.29, 1.82) is 0 Å². The first kappa shape index (κ1) is 97.6. The minimum atomic E-state index is -0.539. The summed E-state index contributed by atoms with van der Waals surface area (Å²) in [6.45, 7) is 17.5. The van der Waals surface area contributed by atoms with E-state index in [1.165, 1.54) is 184 Å². The quantitative estimate of drug-likeness (QED) is 0.0559. The van der Waals surface area contributed by atoms with Crippen molar-refractivity contribution in [3.8, 4) is 0 Å². The topological polar surface area (TPSA) is 0 Å². The van der Waals surface area contributed by atoms with E-state index < -0.39 is 10.9 Å². The summed E-state index contributed by atoms with van der Waals surface area (Å²) < 4.78 is 40.8. The fourth-order valence-electron chi connectivity index (χ4n) is 15.4. The van der Waals surface area contributed by atoms with Gasteiger partial charge in [-0.15, -0.1) is 0 Å². The van der Waals surface area contributed by atoms with Crippen LogP contribution in [0, 0.1) is 55.6 Å². The molecule has 10 heteroatoms. The number of hydrogen-bond donors (Lipinski definition) is 0. The van der Waals surface area contributed by atoms with E-state index in [-0.39, 0.29) is 77.3 Å². The molecular formula is C123H114F3IS6+6. The summed E-state index contributed by atoms with van der Waals surface area (Å²) in [5.74, 6) is -0.167. The lowest BCUT2D eigenvalue weighted by Crippen LogP contribution is -2.11. The molecule has 18 aromatic rings. The molecule has 19 rings (SSSR count). The third kappa shape index (κ3) is 28.3. The largest absolute Gasteiger partial charge is 0.207 e. The van der Waals surface area contributed by atoms with Gasteiger partial charge in [-0.3, -0.25) is 0 Å². The Bertz CT molecular complexity index is 5620. The Morgan fingerprint density at radius 2 is 0.353 bits per heavy atom. The molecule has 1 saturated carbocycles. The van der Waals surface area contributed by atoms with Gasteiger partial charge in [0.2, 0.25) is 0 Å². The van der Waals surface area contributed by atoms with Crippen molar-refractivity contribution in [2.24, 2.45) is 0 Å². The van der Waals surface area contributed by atoms with Gasteiger partial charge < -0.3 is 0 Å². The molecule has 133 heavy (non-hydrogen) atoms. The number of hydrogen-bond acceptors (Lipinski definition) is 0. The van der Waals surface area contributed by atoms with E-state index in [4.69, 9.17) is 0 Å². The first-order valence-corrected chi connectivity index (χ1v) is 53.6. The van der Waals surface area contributed by atoms with Crippen LogP contribution in [0.15, 0.2) is 567 Å². The Hall–Kier alpha value is -11.4.